The molecule has 1 N–H and O–H groups in total. The lowest BCUT2D eigenvalue weighted by molar-refractivity contribution is 0.295. The summed E-state index contributed by atoms with van der Waals surface area (Å²) in [5, 5.41) is 3.93. The molecule has 0 bridgehead atoms. The van der Waals surface area contributed by atoms with Crippen molar-refractivity contribution in [2.24, 2.45) is 0 Å². The Morgan fingerprint density at radius 3 is 2.63 bits per heavy atom. The predicted molar refractivity (Wildman–Crippen MR) is 81.9 cm³/mol. The van der Waals surface area contributed by atoms with Crippen molar-refractivity contribution in [1.82, 2.24) is 14.9 Å². The summed E-state index contributed by atoms with van der Waals surface area (Å²) in [4.78, 5) is 10.6. The van der Waals surface area contributed by atoms with Gasteiger partial charge in [-0.15, -0.1) is 0 Å². The van der Waals surface area contributed by atoms with Crippen LogP contribution in [0.4, 0.5) is 5.82 Å². The highest BCUT2D eigenvalue weighted by Gasteiger charge is 2.09. The standard InChI is InChI=1S/C14H25ClN4/c1-5-19(6-2)9-7-8-11(3)18-14-12(4)13(15)16-10-17-14/h10-11H,5-9H2,1-4H3,(H,16,17,18). The SMILES string of the molecule is CCN(CC)CCCC(C)Nc1ncnc(Cl)c1C. The van der Waals surface area contributed by atoms with Crippen LogP contribution in [0.2, 0.25) is 5.15 Å². The fourth-order valence-corrected chi connectivity index (χ4v) is 2.17. The number of hydrogen-bond donors (Lipinski definition) is 1. The molecule has 0 aromatic carbocycles. The van der Waals surface area contributed by atoms with Crippen LogP contribution >= 0.6 is 11.6 Å². The monoisotopic (exact) mass is 284 g/mol. The molecule has 5 heteroatoms. The van der Waals surface area contributed by atoms with E-state index in [1.807, 2.05) is 6.92 Å². The minimum atomic E-state index is 0.389. The highest BCUT2D eigenvalue weighted by atomic mass is 35.5. The second-order valence-corrected chi connectivity index (χ2v) is 5.21. The Hall–Kier alpha value is -0.870. The minimum Gasteiger partial charge on any atom is -0.367 e. The molecular weight excluding hydrogens is 260 g/mol. The quantitative estimate of drug-likeness (QED) is 0.743. The molecule has 0 fully saturated rings. The van der Waals surface area contributed by atoms with Crippen LogP contribution in [-0.4, -0.2) is 40.5 Å². The molecule has 1 heterocycles. The molecule has 1 atom stereocenters. The van der Waals surface area contributed by atoms with Crippen LogP contribution in [0.3, 0.4) is 0 Å². The van der Waals surface area contributed by atoms with Crippen molar-refractivity contribution in [1.29, 1.82) is 0 Å². The molecule has 0 spiro atoms. The van der Waals surface area contributed by atoms with Gasteiger partial charge in [-0.1, -0.05) is 25.4 Å². The molecule has 0 amide bonds. The molecule has 0 saturated heterocycles. The van der Waals surface area contributed by atoms with Gasteiger partial charge in [-0.05, 0) is 46.3 Å². The first-order valence-corrected chi connectivity index (χ1v) is 7.42. The topological polar surface area (TPSA) is 41.0 Å². The van der Waals surface area contributed by atoms with Crippen molar-refractivity contribution in [2.45, 2.75) is 46.6 Å². The van der Waals surface area contributed by atoms with Crippen LogP contribution in [-0.2, 0) is 0 Å². The maximum absolute atomic E-state index is 5.98. The van der Waals surface area contributed by atoms with Gasteiger partial charge in [-0.25, -0.2) is 9.97 Å². The lowest BCUT2D eigenvalue weighted by Crippen LogP contribution is -2.26. The summed E-state index contributed by atoms with van der Waals surface area (Å²) in [7, 11) is 0. The van der Waals surface area contributed by atoms with E-state index < -0.39 is 0 Å². The van der Waals surface area contributed by atoms with Crippen molar-refractivity contribution < 1.29 is 0 Å². The smallest absolute Gasteiger partial charge is 0.137 e. The largest absolute Gasteiger partial charge is 0.367 e. The Morgan fingerprint density at radius 2 is 2.00 bits per heavy atom. The third-order valence-corrected chi connectivity index (χ3v) is 3.79. The van der Waals surface area contributed by atoms with Gasteiger partial charge in [0.1, 0.15) is 17.3 Å². The maximum atomic E-state index is 5.98. The molecule has 1 rings (SSSR count). The van der Waals surface area contributed by atoms with E-state index in [0.29, 0.717) is 11.2 Å². The Bertz CT molecular complexity index is 380. The normalized spacial score (nSPS) is 12.7. The minimum absolute atomic E-state index is 0.389. The van der Waals surface area contributed by atoms with E-state index in [4.69, 9.17) is 11.6 Å². The van der Waals surface area contributed by atoms with E-state index in [1.54, 1.807) is 0 Å². The summed E-state index contributed by atoms with van der Waals surface area (Å²) in [6.07, 6.45) is 3.81. The first-order valence-electron chi connectivity index (χ1n) is 7.04. The van der Waals surface area contributed by atoms with Crippen molar-refractivity contribution in [3.05, 3.63) is 17.0 Å². The highest BCUT2D eigenvalue weighted by Crippen LogP contribution is 2.19. The zero-order chi connectivity index (χ0) is 14.3. The number of halogens is 1. The van der Waals surface area contributed by atoms with E-state index >= 15 is 0 Å². The number of hydrogen-bond acceptors (Lipinski definition) is 4. The summed E-state index contributed by atoms with van der Waals surface area (Å²) < 4.78 is 0. The van der Waals surface area contributed by atoms with Crippen molar-refractivity contribution in [3.8, 4) is 0 Å². The summed E-state index contributed by atoms with van der Waals surface area (Å²) >= 11 is 5.98. The average molecular weight is 285 g/mol. The van der Waals surface area contributed by atoms with Crippen LogP contribution in [0.15, 0.2) is 6.33 Å². The van der Waals surface area contributed by atoms with Crippen LogP contribution < -0.4 is 5.32 Å². The molecule has 19 heavy (non-hydrogen) atoms. The molecule has 1 aromatic heterocycles. The molecule has 108 valence electrons. The Labute approximate surface area is 121 Å². The lowest BCUT2D eigenvalue weighted by atomic mass is 10.1. The zero-order valence-corrected chi connectivity index (χ0v) is 13.2. The summed E-state index contributed by atoms with van der Waals surface area (Å²) in [5.74, 6) is 0.843. The van der Waals surface area contributed by atoms with Gasteiger partial charge in [0.25, 0.3) is 0 Å². The predicted octanol–water partition coefficient (Wildman–Crippen LogP) is 3.36. The third-order valence-electron chi connectivity index (χ3n) is 3.41. The van der Waals surface area contributed by atoms with Crippen LogP contribution in [0.1, 0.15) is 39.2 Å². The van der Waals surface area contributed by atoms with Crippen molar-refractivity contribution >= 4 is 17.4 Å². The van der Waals surface area contributed by atoms with Gasteiger partial charge in [0.15, 0.2) is 0 Å². The molecule has 0 aliphatic heterocycles. The lowest BCUT2D eigenvalue weighted by Gasteiger charge is -2.20. The van der Waals surface area contributed by atoms with Gasteiger partial charge in [0.2, 0.25) is 0 Å². The number of aromatic nitrogens is 2. The highest BCUT2D eigenvalue weighted by molar-refractivity contribution is 6.30. The second-order valence-electron chi connectivity index (χ2n) is 4.85. The van der Waals surface area contributed by atoms with Crippen LogP contribution in [0.5, 0.6) is 0 Å². The summed E-state index contributed by atoms with van der Waals surface area (Å²) in [6.45, 7) is 11.9. The first kappa shape index (κ1) is 16.2. The molecule has 0 aliphatic carbocycles. The van der Waals surface area contributed by atoms with Crippen LogP contribution in [0.25, 0.3) is 0 Å². The van der Waals surface area contributed by atoms with Gasteiger partial charge in [-0.2, -0.15) is 0 Å². The van der Waals surface area contributed by atoms with Gasteiger partial charge >= 0.3 is 0 Å². The third kappa shape index (κ3) is 5.33. The molecule has 1 unspecified atom stereocenters. The fourth-order valence-electron chi connectivity index (χ4n) is 2.04. The molecule has 0 saturated carbocycles. The molecule has 0 aliphatic rings. The van der Waals surface area contributed by atoms with Gasteiger partial charge < -0.3 is 10.2 Å². The number of rotatable bonds is 8. The Balaban J connectivity index is 2.39. The van der Waals surface area contributed by atoms with Gasteiger partial charge in [0, 0.05) is 11.6 Å². The summed E-state index contributed by atoms with van der Waals surface area (Å²) in [5.41, 5.74) is 0.916. The zero-order valence-electron chi connectivity index (χ0n) is 12.4. The number of anilines is 1. The Kier molecular flexibility index (Phi) is 7.10. The first-order chi connectivity index (χ1) is 9.08. The molecule has 4 nitrogen and oxygen atoms in total. The van der Waals surface area contributed by atoms with Crippen LogP contribution in [0, 0.1) is 6.92 Å². The number of nitrogens with one attached hydrogen (secondary N) is 1. The van der Waals surface area contributed by atoms with E-state index in [-0.39, 0.29) is 0 Å². The second kappa shape index (κ2) is 8.33. The molecule has 1 aromatic rings. The molecular formula is C14H25ClN4. The fraction of sp³-hybridized carbons (Fsp3) is 0.714. The number of nitrogens with zero attached hydrogens (tertiary/aromatic N) is 3. The molecule has 0 radical (unpaired) electrons. The summed E-state index contributed by atoms with van der Waals surface area (Å²) in [6, 6.07) is 0.389. The maximum Gasteiger partial charge on any atom is 0.137 e. The van der Waals surface area contributed by atoms with Crippen molar-refractivity contribution in [2.75, 3.05) is 25.0 Å². The van der Waals surface area contributed by atoms with Crippen molar-refractivity contribution in [3.63, 3.8) is 0 Å². The van der Waals surface area contributed by atoms with Gasteiger partial charge in [0.05, 0.1) is 0 Å². The van der Waals surface area contributed by atoms with E-state index in [0.717, 1.165) is 37.4 Å². The van der Waals surface area contributed by atoms with Gasteiger partial charge in [-0.3, -0.25) is 0 Å². The van der Waals surface area contributed by atoms with E-state index in [9.17, 15) is 0 Å². The van der Waals surface area contributed by atoms with E-state index in [2.05, 4.69) is 41.0 Å². The van der Waals surface area contributed by atoms with E-state index in [1.165, 1.54) is 12.7 Å². The Morgan fingerprint density at radius 1 is 1.32 bits per heavy atom. The average Bonchev–Trinajstić information content (AvgIpc) is 2.40.